The zero-order valence-corrected chi connectivity index (χ0v) is 8.73. The van der Waals surface area contributed by atoms with Gasteiger partial charge in [0, 0.05) is 4.75 Å². The molecule has 1 N–H and O–H groups in total. The van der Waals surface area contributed by atoms with E-state index in [1.165, 1.54) is 25.7 Å². The van der Waals surface area contributed by atoms with Crippen molar-refractivity contribution in [1.82, 2.24) is 0 Å². The average molecular weight is 186 g/mol. The lowest BCUT2D eigenvalue weighted by Crippen LogP contribution is -2.16. The Morgan fingerprint density at radius 2 is 2.00 bits per heavy atom. The molecule has 0 unspecified atom stereocenters. The molecule has 0 spiro atoms. The van der Waals surface area contributed by atoms with Crippen LogP contribution < -0.4 is 0 Å². The monoisotopic (exact) mass is 186 g/mol. The Morgan fingerprint density at radius 3 is 2.42 bits per heavy atom. The number of aliphatic hydroxyl groups is 1. The first-order valence-corrected chi connectivity index (χ1v) is 5.84. The minimum atomic E-state index is -0.297. The number of hydrogen-bond donors (Lipinski definition) is 1. The van der Waals surface area contributed by atoms with E-state index < -0.39 is 0 Å². The fourth-order valence-corrected chi connectivity index (χ4v) is 2.64. The van der Waals surface area contributed by atoms with Crippen molar-refractivity contribution < 1.29 is 5.11 Å². The summed E-state index contributed by atoms with van der Waals surface area (Å²) < 4.78 is 0.344. The van der Waals surface area contributed by atoms with Crippen LogP contribution in [0, 0.1) is 0 Å². The van der Waals surface area contributed by atoms with Crippen LogP contribution in [0.1, 0.15) is 32.6 Å². The van der Waals surface area contributed by atoms with Crippen molar-refractivity contribution in [2.24, 2.45) is 0 Å². The molecule has 1 nitrogen and oxygen atoms in total. The Kier molecular flexibility index (Phi) is 3.66. The number of rotatable bonds is 3. The second kappa shape index (κ2) is 4.33. The summed E-state index contributed by atoms with van der Waals surface area (Å²) in [5.74, 6) is 0. The highest BCUT2D eigenvalue weighted by Gasteiger charge is 2.29. The van der Waals surface area contributed by atoms with Gasteiger partial charge in [-0.2, -0.15) is 11.8 Å². The molecule has 0 heterocycles. The minimum absolute atomic E-state index is 0.297. The number of thioether (sulfide) groups is 1. The molecule has 0 aromatic rings. The molecular weight excluding hydrogens is 168 g/mol. The van der Waals surface area contributed by atoms with Crippen molar-refractivity contribution in [2.75, 3.05) is 6.26 Å². The lowest BCUT2D eigenvalue weighted by Gasteiger charge is -2.22. The first-order chi connectivity index (χ1) is 5.68. The summed E-state index contributed by atoms with van der Waals surface area (Å²) in [6.45, 7) is 1.81. The molecule has 1 rings (SSSR count). The molecule has 1 atom stereocenters. The zero-order valence-electron chi connectivity index (χ0n) is 7.92. The SMILES string of the molecule is CSC1(/C=C/[C@@H](C)O)CCCC1. The molecule has 0 aromatic carbocycles. The first-order valence-electron chi connectivity index (χ1n) is 4.61. The third kappa shape index (κ3) is 2.53. The van der Waals surface area contributed by atoms with E-state index in [0.717, 1.165) is 0 Å². The Labute approximate surface area is 79.2 Å². The normalized spacial score (nSPS) is 24.9. The van der Waals surface area contributed by atoms with Crippen LogP contribution in [0.15, 0.2) is 12.2 Å². The van der Waals surface area contributed by atoms with Gasteiger partial charge in [0.25, 0.3) is 0 Å². The van der Waals surface area contributed by atoms with E-state index in [4.69, 9.17) is 5.11 Å². The third-order valence-corrected chi connectivity index (χ3v) is 3.89. The van der Waals surface area contributed by atoms with Crippen molar-refractivity contribution in [2.45, 2.75) is 43.5 Å². The second-order valence-electron chi connectivity index (χ2n) is 3.58. The smallest absolute Gasteiger partial charge is 0.0693 e. The second-order valence-corrected chi connectivity index (χ2v) is 4.80. The largest absolute Gasteiger partial charge is 0.389 e. The first kappa shape index (κ1) is 10.1. The molecule has 1 saturated carbocycles. The average Bonchev–Trinajstić information content (AvgIpc) is 2.50. The van der Waals surface area contributed by atoms with Gasteiger partial charge in [0.2, 0.25) is 0 Å². The van der Waals surface area contributed by atoms with Crippen LogP contribution >= 0.6 is 11.8 Å². The summed E-state index contributed by atoms with van der Waals surface area (Å²) >= 11 is 1.92. The standard InChI is InChI=1S/C10H18OS/c1-9(11)5-8-10(12-2)6-3-4-7-10/h5,8-9,11H,3-4,6-7H2,1-2H3/b8-5+/t9-/m1/s1. The van der Waals surface area contributed by atoms with Gasteiger partial charge in [-0.3, -0.25) is 0 Å². The molecule has 1 aliphatic rings. The van der Waals surface area contributed by atoms with Gasteiger partial charge in [-0.15, -0.1) is 0 Å². The molecule has 1 aliphatic carbocycles. The van der Waals surface area contributed by atoms with E-state index in [9.17, 15) is 0 Å². The van der Waals surface area contributed by atoms with E-state index in [1.807, 2.05) is 17.8 Å². The lowest BCUT2D eigenvalue weighted by atomic mass is 10.1. The van der Waals surface area contributed by atoms with Gasteiger partial charge in [0.1, 0.15) is 0 Å². The van der Waals surface area contributed by atoms with Gasteiger partial charge in [0.05, 0.1) is 6.10 Å². The van der Waals surface area contributed by atoms with Gasteiger partial charge in [-0.05, 0) is 26.0 Å². The summed E-state index contributed by atoms with van der Waals surface area (Å²) in [4.78, 5) is 0. The highest BCUT2D eigenvalue weighted by atomic mass is 32.2. The Balaban J connectivity index is 2.55. The van der Waals surface area contributed by atoms with Crippen LogP contribution in [0.5, 0.6) is 0 Å². The molecule has 2 heteroatoms. The molecular formula is C10H18OS. The van der Waals surface area contributed by atoms with Gasteiger partial charge >= 0.3 is 0 Å². The van der Waals surface area contributed by atoms with E-state index >= 15 is 0 Å². The quantitative estimate of drug-likeness (QED) is 0.684. The molecule has 70 valence electrons. The molecule has 0 radical (unpaired) electrons. The Hall–Kier alpha value is 0.0500. The Bertz CT molecular complexity index is 157. The van der Waals surface area contributed by atoms with Crippen LogP contribution in [0.4, 0.5) is 0 Å². The molecule has 0 aromatic heterocycles. The summed E-state index contributed by atoms with van der Waals surface area (Å²) in [5, 5.41) is 9.13. The van der Waals surface area contributed by atoms with E-state index in [1.54, 1.807) is 6.92 Å². The summed E-state index contributed by atoms with van der Waals surface area (Å²) in [5.41, 5.74) is 0. The highest BCUT2D eigenvalue weighted by Crippen LogP contribution is 2.41. The molecule has 12 heavy (non-hydrogen) atoms. The van der Waals surface area contributed by atoms with Crippen LogP contribution in [0.3, 0.4) is 0 Å². The fraction of sp³-hybridized carbons (Fsp3) is 0.800. The number of hydrogen-bond acceptors (Lipinski definition) is 2. The Morgan fingerprint density at radius 1 is 1.42 bits per heavy atom. The fourth-order valence-electron chi connectivity index (χ4n) is 1.73. The van der Waals surface area contributed by atoms with Crippen molar-refractivity contribution in [3.8, 4) is 0 Å². The predicted molar refractivity (Wildman–Crippen MR) is 55.5 cm³/mol. The maximum absolute atomic E-state index is 9.13. The minimum Gasteiger partial charge on any atom is -0.389 e. The van der Waals surface area contributed by atoms with Crippen LogP contribution in [0.25, 0.3) is 0 Å². The molecule has 0 aliphatic heterocycles. The van der Waals surface area contributed by atoms with Gasteiger partial charge < -0.3 is 5.11 Å². The van der Waals surface area contributed by atoms with Crippen molar-refractivity contribution in [3.63, 3.8) is 0 Å². The maximum atomic E-state index is 9.13. The molecule has 1 fully saturated rings. The lowest BCUT2D eigenvalue weighted by molar-refractivity contribution is 0.243. The van der Waals surface area contributed by atoms with E-state index in [-0.39, 0.29) is 6.10 Å². The van der Waals surface area contributed by atoms with E-state index in [2.05, 4.69) is 12.3 Å². The summed E-state index contributed by atoms with van der Waals surface area (Å²) in [6.07, 6.45) is 11.2. The van der Waals surface area contributed by atoms with Gasteiger partial charge in [-0.1, -0.05) is 25.0 Å². The highest BCUT2D eigenvalue weighted by molar-refractivity contribution is 8.00. The van der Waals surface area contributed by atoms with Crippen molar-refractivity contribution >= 4 is 11.8 Å². The zero-order chi connectivity index (χ0) is 9.03. The third-order valence-electron chi connectivity index (χ3n) is 2.53. The molecule has 0 amide bonds. The van der Waals surface area contributed by atoms with Crippen LogP contribution in [-0.2, 0) is 0 Å². The topological polar surface area (TPSA) is 20.2 Å². The van der Waals surface area contributed by atoms with Crippen molar-refractivity contribution in [3.05, 3.63) is 12.2 Å². The van der Waals surface area contributed by atoms with Crippen LogP contribution in [-0.4, -0.2) is 22.2 Å². The maximum Gasteiger partial charge on any atom is 0.0693 e. The predicted octanol–water partition coefficient (Wildman–Crippen LogP) is 2.60. The molecule has 0 saturated heterocycles. The van der Waals surface area contributed by atoms with Crippen LogP contribution in [0.2, 0.25) is 0 Å². The van der Waals surface area contributed by atoms with E-state index in [0.29, 0.717) is 4.75 Å². The number of aliphatic hydroxyl groups excluding tert-OH is 1. The summed E-state index contributed by atoms with van der Waals surface area (Å²) in [6, 6.07) is 0. The molecule has 0 bridgehead atoms. The summed E-state index contributed by atoms with van der Waals surface area (Å²) in [7, 11) is 0. The van der Waals surface area contributed by atoms with Gasteiger partial charge in [0.15, 0.2) is 0 Å². The van der Waals surface area contributed by atoms with Crippen molar-refractivity contribution in [1.29, 1.82) is 0 Å². The van der Waals surface area contributed by atoms with Gasteiger partial charge in [-0.25, -0.2) is 0 Å².